The fourth-order valence-corrected chi connectivity index (χ4v) is 1.72. The van der Waals surface area contributed by atoms with Gasteiger partial charge in [-0.2, -0.15) is 0 Å². The van der Waals surface area contributed by atoms with Crippen molar-refractivity contribution in [2.45, 2.75) is 6.92 Å². The first-order chi connectivity index (χ1) is 7.08. The molecule has 78 valence electrons. The molecule has 1 aromatic heterocycles. The average Bonchev–Trinajstić information content (AvgIpc) is 2.50. The number of aromatic amines is 1. The van der Waals surface area contributed by atoms with Crippen molar-refractivity contribution in [2.75, 3.05) is 0 Å². The molecule has 0 bridgehead atoms. The van der Waals surface area contributed by atoms with Gasteiger partial charge in [-0.3, -0.25) is 9.89 Å². The van der Waals surface area contributed by atoms with Crippen LogP contribution in [-0.4, -0.2) is 9.78 Å². The first-order valence-electron chi connectivity index (χ1n) is 4.32. The molecule has 0 radical (unpaired) electrons. The summed E-state index contributed by atoms with van der Waals surface area (Å²) in [4.78, 5) is 11.5. The van der Waals surface area contributed by atoms with Gasteiger partial charge in [0, 0.05) is 16.8 Å². The molecule has 0 aliphatic rings. The molecule has 0 aliphatic heterocycles. The van der Waals surface area contributed by atoms with Crippen LogP contribution in [0.3, 0.4) is 0 Å². The number of aromatic nitrogens is 2. The second-order valence-corrected chi connectivity index (χ2v) is 4.05. The van der Waals surface area contributed by atoms with Crippen molar-refractivity contribution in [3.63, 3.8) is 0 Å². The van der Waals surface area contributed by atoms with Gasteiger partial charge >= 0.3 is 0 Å². The molecule has 0 aliphatic carbocycles. The second kappa shape index (κ2) is 3.76. The number of halogens is 2. The Morgan fingerprint density at radius 2 is 2.00 bits per heavy atom. The number of hydrogen-bond acceptors (Lipinski definition) is 1. The van der Waals surface area contributed by atoms with Crippen LogP contribution in [0, 0.1) is 6.92 Å². The van der Waals surface area contributed by atoms with Crippen molar-refractivity contribution in [3.8, 4) is 5.69 Å². The highest BCUT2D eigenvalue weighted by molar-refractivity contribution is 6.34. The molecule has 1 heterocycles. The first kappa shape index (κ1) is 10.3. The molecule has 3 nitrogen and oxygen atoms in total. The van der Waals surface area contributed by atoms with E-state index < -0.39 is 0 Å². The number of nitrogens with one attached hydrogen (secondary N) is 1. The zero-order valence-electron chi connectivity index (χ0n) is 7.92. The molecule has 0 saturated heterocycles. The number of benzene rings is 1. The van der Waals surface area contributed by atoms with Crippen LogP contribution in [0.1, 0.15) is 5.69 Å². The lowest BCUT2D eigenvalue weighted by Crippen LogP contribution is -2.13. The van der Waals surface area contributed by atoms with E-state index in [-0.39, 0.29) is 5.56 Å². The van der Waals surface area contributed by atoms with Crippen molar-refractivity contribution in [3.05, 3.63) is 50.4 Å². The Bertz CT molecular complexity index is 557. The largest absolute Gasteiger partial charge is 0.295 e. The van der Waals surface area contributed by atoms with Crippen LogP contribution in [0.5, 0.6) is 0 Å². The first-order valence-corrected chi connectivity index (χ1v) is 5.07. The molecule has 2 aromatic rings. The monoisotopic (exact) mass is 242 g/mol. The number of hydrogen-bond donors (Lipinski definition) is 1. The molecule has 1 N–H and O–H groups in total. The van der Waals surface area contributed by atoms with Crippen LogP contribution >= 0.6 is 23.2 Å². The molecule has 1 aromatic carbocycles. The predicted octanol–water partition coefficient (Wildman–Crippen LogP) is 2.78. The Balaban J connectivity index is 2.68. The van der Waals surface area contributed by atoms with Crippen LogP contribution in [0.15, 0.2) is 29.1 Å². The number of aryl methyl sites for hydroxylation is 1. The number of rotatable bonds is 1. The zero-order valence-corrected chi connectivity index (χ0v) is 9.43. The molecule has 0 amide bonds. The van der Waals surface area contributed by atoms with Gasteiger partial charge in [0.15, 0.2) is 0 Å². The molecule has 0 unspecified atom stereocenters. The fraction of sp³-hybridized carbons (Fsp3) is 0.100. The van der Waals surface area contributed by atoms with E-state index in [0.29, 0.717) is 15.7 Å². The highest BCUT2D eigenvalue weighted by Crippen LogP contribution is 2.22. The van der Waals surface area contributed by atoms with Crippen molar-refractivity contribution in [1.29, 1.82) is 0 Å². The van der Waals surface area contributed by atoms with Gasteiger partial charge in [0.1, 0.15) is 0 Å². The molecular weight excluding hydrogens is 235 g/mol. The van der Waals surface area contributed by atoms with Gasteiger partial charge in [-0.25, -0.2) is 4.68 Å². The van der Waals surface area contributed by atoms with Gasteiger partial charge in [-0.15, -0.1) is 0 Å². The van der Waals surface area contributed by atoms with E-state index in [1.807, 2.05) is 0 Å². The Kier molecular flexibility index (Phi) is 2.59. The Hall–Kier alpha value is -1.19. The van der Waals surface area contributed by atoms with E-state index in [1.165, 1.54) is 10.7 Å². The highest BCUT2D eigenvalue weighted by Gasteiger charge is 2.07. The molecule has 0 spiro atoms. The molecular formula is C10H8Cl2N2O. The van der Waals surface area contributed by atoms with E-state index in [0.717, 1.165) is 5.69 Å². The maximum atomic E-state index is 11.5. The maximum Gasteiger partial charge on any atom is 0.271 e. The van der Waals surface area contributed by atoms with Crippen molar-refractivity contribution in [2.24, 2.45) is 0 Å². The third-order valence-electron chi connectivity index (χ3n) is 2.00. The summed E-state index contributed by atoms with van der Waals surface area (Å²) in [6, 6.07) is 6.47. The summed E-state index contributed by atoms with van der Waals surface area (Å²) in [5.74, 6) is 0. The number of nitrogens with zero attached hydrogens (tertiary/aromatic N) is 1. The molecule has 0 fully saturated rings. The SMILES string of the molecule is Cc1cc(=O)n(-c2cc(Cl)ccc2Cl)[nH]1. The minimum atomic E-state index is -0.156. The van der Waals surface area contributed by atoms with E-state index in [9.17, 15) is 4.79 Å². The zero-order chi connectivity index (χ0) is 11.0. The highest BCUT2D eigenvalue weighted by atomic mass is 35.5. The lowest BCUT2D eigenvalue weighted by atomic mass is 10.3. The third-order valence-corrected chi connectivity index (χ3v) is 2.55. The van der Waals surface area contributed by atoms with E-state index in [4.69, 9.17) is 23.2 Å². The normalized spacial score (nSPS) is 10.6. The van der Waals surface area contributed by atoms with Gasteiger partial charge in [0.25, 0.3) is 5.56 Å². The van der Waals surface area contributed by atoms with Crippen LogP contribution in [-0.2, 0) is 0 Å². The van der Waals surface area contributed by atoms with Crippen LogP contribution in [0.2, 0.25) is 10.0 Å². The van der Waals surface area contributed by atoms with Crippen LogP contribution in [0.25, 0.3) is 5.69 Å². The number of H-pyrrole nitrogens is 1. The summed E-state index contributed by atoms with van der Waals surface area (Å²) in [7, 11) is 0. The van der Waals surface area contributed by atoms with Crippen molar-refractivity contribution >= 4 is 23.2 Å². The molecule has 5 heteroatoms. The van der Waals surface area contributed by atoms with Gasteiger partial charge in [-0.05, 0) is 25.1 Å². The van der Waals surface area contributed by atoms with Gasteiger partial charge in [0.05, 0.1) is 10.7 Å². The average molecular weight is 243 g/mol. The summed E-state index contributed by atoms with van der Waals surface area (Å²) in [5, 5.41) is 3.90. The fourth-order valence-electron chi connectivity index (χ4n) is 1.35. The standard InChI is InChI=1S/C10H8Cl2N2O/c1-6-4-10(15)14(13-6)9-5-7(11)2-3-8(9)12/h2-5,13H,1H3. The van der Waals surface area contributed by atoms with Gasteiger partial charge in [-0.1, -0.05) is 23.2 Å². The lowest BCUT2D eigenvalue weighted by molar-refractivity contribution is 0.835. The van der Waals surface area contributed by atoms with Gasteiger partial charge < -0.3 is 0 Å². The van der Waals surface area contributed by atoms with E-state index >= 15 is 0 Å². The van der Waals surface area contributed by atoms with Crippen molar-refractivity contribution in [1.82, 2.24) is 9.78 Å². The smallest absolute Gasteiger partial charge is 0.271 e. The minimum absolute atomic E-state index is 0.156. The Morgan fingerprint density at radius 3 is 2.60 bits per heavy atom. The summed E-state index contributed by atoms with van der Waals surface area (Å²) in [6.45, 7) is 1.80. The summed E-state index contributed by atoms with van der Waals surface area (Å²) in [5.41, 5.74) is 1.18. The molecule has 0 atom stereocenters. The Morgan fingerprint density at radius 1 is 1.27 bits per heavy atom. The van der Waals surface area contributed by atoms with E-state index in [2.05, 4.69) is 5.10 Å². The van der Waals surface area contributed by atoms with Crippen LogP contribution in [0.4, 0.5) is 0 Å². The van der Waals surface area contributed by atoms with Crippen molar-refractivity contribution < 1.29 is 0 Å². The quantitative estimate of drug-likeness (QED) is 0.821. The molecule has 15 heavy (non-hydrogen) atoms. The second-order valence-electron chi connectivity index (χ2n) is 3.21. The van der Waals surface area contributed by atoms with E-state index in [1.54, 1.807) is 25.1 Å². The predicted molar refractivity (Wildman–Crippen MR) is 61.1 cm³/mol. The van der Waals surface area contributed by atoms with Crippen LogP contribution < -0.4 is 5.56 Å². The summed E-state index contributed by atoms with van der Waals surface area (Å²) < 4.78 is 1.36. The summed E-state index contributed by atoms with van der Waals surface area (Å²) in [6.07, 6.45) is 0. The summed E-state index contributed by atoms with van der Waals surface area (Å²) >= 11 is 11.8. The maximum absolute atomic E-state index is 11.5. The molecule has 0 saturated carbocycles. The topological polar surface area (TPSA) is 37.8 Å². The third kappa shape index (κ3) is 1.94. The van der Waals surface area contributed by atoms with Gasteiger partial charge in [0.2, 0.25) is 0 Å². The lowest BCUT2D eigenvalue weighted by Gasteiger charge is -2.04. The minimum Gasteiger partial charge on any atom is -0.295 e. The Labute approximate surface area is 96.2 Å². The molecule has 2 rings (SSSR count).